The molecule has 0 aliphatic carbocycles. The van der Waals surface area contributed by atoms with E-state index in [2.05, 4.69) is 25.7 Å². The summed E-state index contributed by atoms with van der Waals surface area (Å²) in [6, 6.07) is 3.53. The third-order valence-corrected chi connectivity index (χ3v) is 2.90. The predicted molar refractivity (Wildman–Crippen MR) is 89.2 cm³/mol. The maximum Gasteiger partial charge on any atom is 0.363 e. The molecule has 0 amide bonds. The molecule has 0 aliphatic rings. The Kier molecular flexibility index (Phi) is 6.12. The van der Waals surface area contributed by atoms with Crippen LogP contribution >= 0.6 is 0 Å². The molecule has 128 valence electrons. The van der Waals surface area contributed by atoms with Gasteiger partial charge in [0.15, 0.2) is 17.3 Å². The predicted octanol–water partition coefficient (Wildman–Crippen LogP) is 1.42. The normalized spacial score (nSPS) is 10.6. The topological polar surface area (TPSA) is 111 Å². The maximum absolute atomic E-state index is 11.0. The zero-order valence-corrected chi connectivity index (χ0v) is 13.7. The molecule has 0 saturated carbocycles. The quantitative estimate of drug-likeness (QED) is 0.555. The van der Waals surface area contributed by atoms with Crippen LogP contribution in [0.3, 0.4) is 0 Å². The molecule has 0 spiro atoms. The van der Waals surface area contributed by atoms with Gasteiger partial charge in [-0.15, -0.1) is 0 Å². The molecule has 2 rings (SSSR count). The first-order valence-electron chi connectivity index (χ1n) is 7.27. The molecule has 0 radical (unpaired) electrons. The second kappa shape index (κ2) is 8.51. The lowest BCUT2D eigenvalue weighted by Crippen LogP contribution is -2.13. The number of benzene rings is 1. The lowest BCUT2D eigenvalue weighted by Gasteiger charge is -2.14. The molecule has 2 N–H and O–H groups in total. The smallest absolute Gasteiger partial charge is 0.363 e. The van der Waals surface area contributed by atoms with Crippen LogP contribution in [0.1, 0.15) is 18.9 Å². The maximum atomic E-state index is 11.0. The molecule has 2 aromatic rings. The Balaban J connectivity index is 2.20. The van der Waals surface area contributed by atoms with E-state index in [0.717, 1.165) is 12.0 Å². The third-order valence-electron chi connectivity index (χ3n) is 2.90. The van der Waals surface area contributed by atoms with E-state index in [4.69, 9.17) is 14.2 Å². The Morgan fingerprint density at radius 2 is 2.00 bits per heavy atom. The van der Waals surface area contributed by atoms with E-state index in [1.165, 1.54) is 12.4 Å². The number of aromatic nitrogens is 3. The zero-order valence-electron chi connectivity index (χ0n) is 13.7. The van der Waals surface area contributed by atoms with Crippen LogP contribution in [0, 0.1) is 0 Å². The molecule has 24 heavy (non-hydrogen) atoms. The van der Waals surface area contributed by atoms with Gasteiger partial charge >= 0.3 is 5.69 Å². The standard InChI is InChI=1S/C15H19N5O4/c1-4-5-24-14-11(22-2)6-10(7-12(14)23-3)8-16-19-13-9-17-20-15(21)18-13/h6-9H,4-5H2,1-3H3,(H2,18,19,20,21)/b16-8+. The Labute approximate surface area is 138 Å². The summed E-state index contributed by atoms with van der Waals surface area (Å²) in [5.41, 5.74) is 2.78. The molecule has 0 aliphatic heterocycles. The van der Waals surface area contributed by atoms with Crippen LogP contribution in [-0.4, -0.2) is 42.2 Å². The lowest BCUT2D eigenvalue weighted by atomic mass is 10.2. The van der Waals surface area contributed by atoms with E-state index in [-0.39, 0.29) is 5.82 Å². The van der Waals surface area contributed by atoms with Crippen LogP contribution < -0.4 is 25.3 Å². The molecule has 1 aromatic heterocycles. The minimum Gasteiger partial charge on any atom is -0.493 e. The Morgan fingerprint density at radius 1 is 1.29 bits per heavy atom. The number of anilines is 1. The molecule has 9 nitrogen and oxygen atoms in total. The Bertz CT molecular complexity index is 735. The van der Waals surface area contributed by atoms with Gasteiger partial charge in [-0.2, -0.15) is 15.2 Å². The van der Waals surface area contributed by atoms with Crippen molar-refractivity contribution in [2.75, 3.05) is 26.3 Å². The van der Waals surface area contributed by atoms with Crippen LogP contribution in [0.4, 0.5) is 5.82 Å². The van der Waals surface area contributed by atoms with Gasteiger partial charge in [-0.05, 0) is 18.6 Å². The first-order chi connectivity index (χ1) is 11.7. The SMILES string of the molecule is CCCOc1c(OC)cc(/C=N/Nc2cn[nH]c(=O)n2)cc1OC. The molecular formula is C15H19N5O4. The summed E-state index contributed by atoms with van der Waals surface area (Å²) in [6.07, 6.45) is 3.76. The fourth-order valence-electron chi connectivity index (χ4n) is 1.86. The van der Waals surface area contributed by atoms with Gasteiger partial charge in [0, 0.05) is 5.56 Å². The molecule has 0 saturated heterocycles. The second-order valence-electron chi connectivity index (χ2n) is 4.65. The summed E-state index contributed by atoms with van der Waals surface area (Å²) < 4.78 is 16.4. The van der Waals surface area contributed by atoms with E-state index in [9.17, 15) is 4.79 Å². The van der Waals surface area contributed by atoms with Crippen LogP contribution in [0.5, 0.6) is 17.2 Å². The van der Waals surface area contributed by atoms with E-state index in [0.29, 0.717) is 23.9 Å². The van der Waals surface area contributed by atoms with Crippen LogP contribution in [0.15, 0.2) is 28.2 Å². The molecular weight excluding hydrogens is 314 g/mol. The monoisotopic (exact) mass is 333 g/mol. The van der Waals surface area contributed by atoms with Crippen LogP contribution in [0.2, 0.25) is 0 Å². The summed E-state index contributed by atoms with van der Waals surface area (Å²) in [6.45, 7) is 2.58. The fourth-order valence-corrected chi connectivity index (χ4v) is 1.86. The number of H-pyrrole nitrogens is 1. The zero-order chi connectivity index (χ0) is 17.4. The first-order valence-corrected chi connectivity index (χ1v) is 7.27. The highest BCUT2D eigenvalue weighted by Gasteiger charge is 2.13. The molecule has 1 aromatic carbocycles. The summed E-state index contributed by atoms with van der Waals surface area (Å²) in [5, 5.41) is 9.80. The van der Waals surface area contributed by atoms with Crippen molar-refractivity contribution in [3.05, 3.63) is 34.4 Å². The van der Waals surface area contributed by atoms with Gasteiger partial charge in [0.2, 0.25) is 5.75 Å². The highest BCUT2D eigenvalue weighted by atomic mass is 16.5. The number of ether oxygens (including phenoxy) is 3. The van der Waals surface area contributed by atoms with Crippen molar-refractivity contribution in [2.45, 2.75) is 13.3 Å². The number of hydrazone groups is 1. The minimum atomic E-state index is -0.559. The molecule has 1 heterocycles. The van der Waals surface area contributed by atoms with E-state index in [1.807, 2.05) is 6.92 Å². The number of rotatable bonds is 8. The second-order valence-corrected chi connectivity index (χ2v) is 4.65. The lowest BCUT2D eigenvalue weighted by molar-refractivity contribution is 0.275. The van der Waals surface area contributed by atoms with Gasteiger partial charge in [-0.3, -0.25) is 5.43 Å². The van der Waals surface area contributed by atoms with Crippen molar-refractivity contribution in [2.24, 2.45) is 5.10 Å². The average molecular weight is 333 g/mol. The minimum absolute atomic E-state index is 0.233. The number of methoxy groups -OCH3 is 2. The van der Waals surface area contributed by atoms with Crippen LogP contribution in [-0.2, 0) is 0 Å². The highest BCUT2D eigenvalue weighted by molar-refractivity contribution is 5.82. The van der Waals surface area contributed by atoms with Gasteiger partial charge in [-0.1, -0.05) is 6.92 Å². The molecule has 9 heteroatoms. The summed E-state index contributed by atoms with van der Waals surface area (Å²) in [5.74, 6) is 1.87. The summed E-state index contributed by atoms with van der Waals surface area (Å²) >= 11 is 0. The van der Waals surface area contributed by atoms with Gasteiger partial charge in [-0.25, -0.2) is 9.89 Å². The van der Waals surface area contributed by atoms with Gasteiger partial charge in [0.05, 0.1) is 33.2 Å². The van der Waals surface area contributed by atoms with Crippen molar-refractivity contribution < 1.29 is 14.2 Å². The molecule has 0 bridgehead atoms. The van der Waals surface area contributed by atoms with Crippen molar-refractivity contribution >= 4 is 12.0 Å². The van der Waals surface area contributed by atoms with Gasteiger partial charge in [0.25, 0.3) is 0 Å². The van der Waals surface area contributed by atoms with Crippen molar-refractivity contribution in [1.82, 2.24) is 15.2 Å². The van der Waals surface area contributed by atoms with Crippen molar-refractivity contribution in [1.29, 1.82) is 0 Å². The first kappa shape index (κ1) is 17.3. The Hall–Kier alpha value is -3.10. The number of nitrogens with one attached hydrogen (secondary N) is 2. The molecule has 0 atom stereocenters. The highest BCUT2D eigenvalue weighted by Crippen LogP contribution is 2.38. The summed E-state index contributed by atoms with van der Waals surface area (Å²) in [4.78, 5) is 14.7. The third kappa shape index (κ3) is 4.45. The Morgan fingerprint density at radius 3 is 2.58 bits per heavy atom. The summed E-state index contributed by atoms with van der Waals surface area (Å²) in [7, 11) is 3.11. The van der Waals surface area contributed by atoms with Crippen molar-refractivity contribution in [3.8, 4) is 17.2 Å². The molecule has 0 unspecified atom stereocenters. The number of aromatic amines is 1. The molecule has 0 fully saturated rings. The van der Waals surface area contributed by atoms with Gasteiger partial charge < -0.3 is 14.2 Å². The van der Waals surface area contributed by atoms with E-state index in [1.54, 1.807) is 26.4 Å². The van der Waals surface area contributed by atoms with E-state index >= 15 is 0 Å². The average Bonchev–Trinajstić information content (AvgIpc) is 2.59. The van der Waals surface area contributed by atoms with E-state index < -0.39 is 5.69 Å². The van der Waals surface area contributed by atoms with Gasteiger partial charge in [0.1, 0.15) is 0 Å². The number of hydrogen-bond donors (Lipinski definition) is 2. The fraction of sp³-hybridized carbons (Fsp3) is 0.333. The number of hydrogen-bond acceptors (Lipinski definition) is 8. The van der Waals surface area contributed by atoms with Crippen molar-refractivity contribution in [3.63, 3.8) is 0 Å². The van der Waals surface area contributed by atoms with Crippen LogP contribution in [0.25, 0.3) is 0 Å². The number of nitrogens with zero attached hydrogens (tertiary/aromatic N) is 3. The largest absolute Gasteiger partial charge is 0.493 e.